The van der Waals surface area contributed by atoms with Gasteiger partial charge in [0.1, 0.15) is 5.76 Å². The van der Waals surface area contributed by atoms with E-state index in [-0.39, 0.29) is 5.76 Å². The smallest absolute Gasteiger partial charge is 0.414 e. The molecule has 1 N–H and O–H groups in total. The summed E-state index contributed by atoms with van der Waals surface area (Å²) in [6, 6.07) is 2.85. The summed E-state index contributed by atoms with van der Waals surface area (Å²) in [7, 11) is 0. The standard InChI is InChI=1S/C7H7F3O2/c8-7(9,10)6(11)4-5-2-1-3-12-5/h1-3,6,11H,4H2. The van der Waals surface area contributed by atoms with Crippen molar-refractivity contribution in [1.82, 2.24) is 0 Å². The van der Waals surface area contributed by atoms with Gasteiger partial charge in [-0.1, -0.05) is 0 Å². The van der Waals surface area contributed by atoms with E-state index in [4.69, 9.17) is 5.11 Å². The summed E-state index contributed by atoms with van der Waals surface area (Å²) in [5, 5.41) is 8.57. The van der Waals surface area contributed by atoms with Crippen LogP contribution in [0.3, 0.4) is 0 Å². The number of hydrogen-bond acceptors (Lipinski definition) is 2. The molecule has 0 saturated heterocycles. The van der Waals surface area contributed by atoms with E-state index in [1.807, 2.05) is 0 Å². The van der Waals surface area contributed by atoms with E-state index in [2.05, 4.69) is 4.42 Å². The molecule has 0 aromatic carbocycles. The molecule has 0 saturated carbocycles. The Kier molecular flexibility index (Phi) is 2.42. The van der Waals surface area contributed by atoms with Gasteiger partial charge in [0.05, 0.1) is 6.26 Å². The molecular formula is C7H7F3O2. The maximum atomic E-state index is 11.7. The molecule has 0 bridgehead atoms. The van der Waals surface area contributed by atoms with Crippen LogP contribution in [-0.2, 0) is 6.42 Å². The van der Waals surface area contributed by atoms with E-state index in [1.54, 1.807) is 0 Å². The summed E-state index contributed by atoms with van der Waals surface area (Å²) in [4.78, 5) is 0. The van der Waals surface area contributed by atoms with E-state index in [1.165, 1.54) is 18.4 Å². The van der Waals surface area contributed by atoms with Crippen molar-refractivity contribution in [3.05, 3.63) is 24.2 Å². The first-order chi connectivity index (χ1) is 5.50. The van der Waals surface area contributed by atoms with Crippen molar-refractivity contribution in [2.75, 3.05) is 0 Å². The maximum absolute atomic E-state index is 11.7. The predicted molar refractivity (Wildman–Crippen MR) is 34.5 cm³/mol. The van der Waals surface area contributed by atoms with Gasteiger partial charge in [-0.2, -0.15) is 13.2 Å². The van der Waals surface area contributed by atoms with Crippen LogP contribution >= 0.6 is 0 Å². The van der Waals surface area contributed by atoms with Crippen molar-refractivity contribution < 1.29 is 22.7 Å². The molecule has 0 aliphatic rings. The number of aliphatic hydroxyl groups excluding tert-OH is 1. The first-order valence-electron chi connectivity index (χ1n) is 3.27. The second-order valence-electron chi connectivity index (χ2n) is 2.34. The third-order valence-electron chi connectivity index (χ3n) is 1.35. The fourth-order valence-corrected chi connectivity index (χ4v) is 0.735. The van der Waals surface area contributed by atoms with Crippen molar-refractivity contribution >= 4 is 0 Å². The fourth-order valence-electron chi connectivity index (χ4n) is 0.735. The largest absolute Gasteiger partial charge is 0.469 e. The van der Waals surface area contributed by atoms with Crippen LogP contribution in [0.1, 0.15) is 5.76 Å². The lowest BCUT2D eigenvalue weighted by Gasteiger charge is -2.12. The Morgan fingerprint density at radius 3 is 2.58 bits per heavy atom. The zero-order valence-electron chi connectivity index (χ0n) is 6.01. The van der Waals surface area contributed by atoms with Crippen molar-refractivity contribution in [1.29, 1.82) is 0 Å². The average Bonchev–Trinajstić information content (AvgIpc) is 2.37. The van der Waals surface area contributed by atoms with E-state index in [9.17, 15) is 13.2 Å². The quantitative estimate of drug-likeness (QED) is 0.752. The van der Waals surface area contributed by atoms with Crippen LogP contribution in [0, 0.1) is 0 Å². The van der Waals surface area contributed by atoms with Gasteiger partial charge in [0.25, 0.3) is 0 Å². The molecule has 0 spiro atoms. The second-order valence-corrected chi connectivity index (χ2v) is 2.34. The second kappa shape index (κ2) is 3.18. The van der Waals surface area contributed by atoms with E-state index in [0.29, 0.717) is 0 Å². The zero-order chi connectivity index (χ0) is 9.19. The normalized spacial score (nSPS) is 14.7. The Balaban J connectivity index is 2.53. The first kappa shape index (κ1) is 9.12. The van der Waals surface area contributed by atoms with Crippen LogP contribution < -0.4 is 0 Å². The first-order valence-corrected chi connectivity index (χ1v) is 3.27. The third-order valence-corrected chi connectivity index (χ3v) is 1.35. The lowest BCUT2D eigenvalue weighted by molar-refractivity contribution is -0.203. The third kappa shape index (κ3) is 2.27. The molecule has 0 amide bonds. The van der Waals surface area contributed by atoms with E-state index < -0.39 is 18.7 Å². The molecule has 1 aromatic heterocycles. The van der Waals surface area contributed by atoms with Crippen LogP contribution in [0.2, 0.25) is 0 Å². The predicted octanol–water partition coefficient (Wildman–Crippen LogP) is 1.75. The minimum absolute atomic E-state index is 0.125. The summed E-state index contributed by atoms with van der Waals surface area (Å²) in [6.45, 7) is 0. The van der Waals surface area contributed by atoms with Gasteiger partial charge < -0.3 is 9.52 Å². The highest BCUT2D eigenvalue weighted by molar-refractivity contribution is 5.00. The monoisotopic (exact) mass is 180 g/mol. The summed E-state index contributed by atoms with van der Waals surface area (Å²) >= 11 is 0. The summed E-state index contributed by atoms with van der Waals surface area (Å²) in [5.74, 6) is 0.125. The van der Waals surface area contributed by atoms with Crippen LogP contribution in [0.5, 0.6) is 0 Å². The highest BCUT2D eigenvalue weighted by Gasteiger charge is 2.38. The summed E-state index contributed by atoms with van der Waals surface area (Å²) in [6.07, 6.45) is -6.19. The van der Waals surface area contributed by atoms with E-state index >= 15 is 0 Å². The number of hydrogen-bond donors (Lipinski definition) is 1. The number of alkyl halides is 3. The maximum Gasteiger partial charge on any atom is 0.414 e. The molecule has 2 nitrogen and oxygen atoms in total. The average molecular weight is 180 g/mol. The molecular weight excluding hydrogens is 173 g/mol. The van der Waals surface area contributed by atoms with Crippen LogP contribution in [0.25, 0.3) is 0 Å². The van der Waals surface area contributed by atoms with Gasteiger partial charge in [-0.3, -0.25) is 0 Å². The van der Waals surface area contributed by atoms with Gasteiger partial charge in [-0.15, -0.1) is 0 Å². The highest BCUT2D eigenvalue weighted by atomic mass is 19.4. The Morgan fingerprint density at radius 1 is 1.50 bits per heavy atom. The van der Waals surface area contributed by atoms with Crippen LogP contribution in [0.4, 0.5) is 13.2 Å². The van der Waals surface area contributed by atoms with E-state index in [0.717, 1.165) is 0 Å². The summed E-state index contributed by atoms with van der Waals surface area (Å²) in [5.41, 5.74) is 0. The molecule has 0 radical (unpaired) electrons. The Hall–Kier alpha value is -0.970. The minimum atomic E-state index is -4.58. The van der Waals surface area contributed by atoms with Crippen LogP contribution in [-0.4, -0.2) is 17.4 Å². The molecule has 1 heterocycles. The lowest BCUT2D eigenvalue weighted by Crippen LogP contribution is -2.30. The van der Waals surface area contributed by atoms with Gasteiger partial charge in [0.15, 0.2) is 6.10 Å². The fraction of sp³-hybridized carbons (Fsp3) is 0.429. The van der Waals surface area contributed by atoms with Crippen molar-refractivity contribution in [2.45, 2.75) is 18.7 Å². The SMILES string of the molecule is OC(Cc1ccco1)C(F)(F)F. The lowest BCUT2D eigenvalue weighted by atomic mass is 10.2. The van der Waals surface area contributed by atoms with Gasteiger partial charge >= 0.3 is 6.18 Å². The van der Waals surface area contributed by atoms with Crippen molar-refractivity contribution in [2.24, 2.45) is 0 Å². The van der Waals surface area contributed by atoms with Crippen LogP contribution in [0.15, 0.2) is 22.8 Å². The zero-order valence-corrected chi connectivity index (χ0v) is 6.01. The molecule has 68 valence electrons. The van der Waals surface area contributed by atoms with Gasteiger partial charge in [0.2, 0.25) is 0 Å². The molecule has 0 aliphatic heterocycles. The van der Waals surface area contributed by atoms with Gasteiger partial charge in [-0.25, -0.2) is 0 Å². The Labute approximate surface area is 66.6 Å². The Morgan fingerprint density at radius 2 is 2.17 bits per heavy atom. The summed E-state index contributed by atoms with van der Waals surface area (Å²) < 4.78 is 39.9. The number of furan rings is 1. The number of aliphatic hydroxyl groups is 1. The minimum Gasteiger partial charge on any atom is -0.469 e. The molecule has 1 atom stereocenters. The molecule has 1 rings (SSSR count). The molecule has 5 heteroatoms. The molecule has 1 unspecified atom stereocenters. The molecule has 1 aromatic rings. The van der Waals surface area contributed by atoms with Gasteiger partial charge in [-0.05, 0) is 12.1 Å². The highest BCUT2D eigenvalue weighted by Crippen LogP contribution is 2.22. The van der Waals surface area contributed by atoms with Crippen molar-refractivity contribution in [3.8, 4) is 0 Å². The number of rotatable bonds is 2. The molecule has 0 aliphatic carbocycles. The number of halogens is 3. The molecule has 12 heavy (non-hydrogen) atoms. The van der Waals surface area contributed by atoms with Gasteiger partial charge in [0, 0.05) is 6.42 Å². The van der Waals surface area contributed by atoms with Crippen molar-refractivity contribution in [3.63, 3.8) is 0 Å². The Bertz CT molecular complexity index is 227. The molecule has 0 fully saturated rings. The topological polar surface area (TPSA) is 33.4 Å².